The first-order valence-corrected chi connectivity index (χ1v) is 7.01. The largest absolute Gasteiger partial charge is 0.368 e. The van der Waals surface area contributed by atoms with Crippen molar-refractivity contribution in [3.63, 3.8) is 0 Å². The Morgan fingerprint density at radius 2 is 1.88 bits per heavy atom. The lowest BCUT2D eigenvalue weighted by atomic mass is 10.2. The summed E-state index contributed by atoms with van der Waals surface area (Å²) < 4.78 is 22.4. The number of primary amides is 1. The van der Waals surface area contributed by atoms with Crippen molar-refractivity contribution in [2.75, 3.05) is 6.26 Å². The fourth-order valence-corrected chi connectivity index (χ4v) is 1.86. The summed E-state index contributed by atoms with van der Waals surface area (Å²) in [6.07, 6.45) is 1.16. The van der Waals surface area contributed by atoms with E-state index in [1.807, 2.05) is 0 Å². The molecule has 5 nitrogen and oxygen atoms in total. The molecule has 0 aromatic heterocycles. The van der Waals surface area contributed by atoms with Gasteiger partial charge < -0.3 is 11.1 Å². The molecule has 1 rings (SSSR count). The minimum absolute atomic E-state index is 0.282. The van der Waals surface area contributed by atoms with Gasteiger partial charge in [0.05, 0.1) is 10.9 Å². The van der Waals surface area contributed by atoms with Gasteiger partial charge in [-0.2, -0.15) is 0 Å². The van der Waals surface area contributed by atoms with Crippen molar-refractivity contribution in [3.8, 4) is 0 Å². The average Bonchev–Trinajstić information content (AvgIpc) is 2.25. The fraction of sp³-hybridized carbons (Fsp3) is 0.364. The zero-order valence-corrected chi connectivity index (χ0v) is 10.6. The first-order chi connectivity index (χ1) is 7.80. The molecule has 0 aliphatic heterocycles. The van der Waals surface area contributed by atoms with Crippen LogP contribution in [0.4, 0.5) is 0 Å². The van der Waals surface area contributed by atoms with Gasteiger partial charge in [0.15, 0.2) is 9.84 Å². The monoisotopic (exact) mass is 256 g/mol. The van der Waals surface area contributed by atoms with E-state index >= 15 is 0 Å². The molecule has 0 bridgehead atoms. The molecule has 0 fully saturated rings. The summed E-state index contributed by atoms with van der Waals surface area (Å²) in [7, 11) is -3.16. The highest BCUT2D eigenvalue weighted by atomic mass is 32.2. The number of benzene rings is 1. The molecule has 0 spiro atoms. The van der Waals surface area contributed by atoms with Gasteiger partial charge in [-0.15, -0.1) is 0 Å². The number of amides is 1. The van der Waals surface area contributed by atoms with E-state index in [0.717, 1.165) is 11.8 Å². The first-order valence-electron chi connectivity index (χ1n) is 5.12. The molecule has 0 radical (unpaired) electrons. The Morgan fingerprint density at radius 3 is 2.29 bits per heavy atom. The van der Waals surface area contributed by atoms with Crippen LogP contribution in [0.5, 0.6) is 0 Å². The third-order valence-corrected chi connectivity index (χ3v) is 3.52. The number of nitrogens with one attached hydrogen (secondary N) is 1. The predicted molar refractivity (Wildman–Crippen MR) is 65.0 cm³/mol. The average molecular weight is 256 g/mol. The second kappa shape index (κ2) is 5.29. The molecule has 0 heterocycles. The van der Waals surface area contributed by atoms with E-state index in [-0.39, 0.29) is 4.90 Å². The molecule has 0 aliphatic rings. The molecule has 1 aromatic carbocycles. The molecule has 1 aromatic rings. The summed E-state index contributed by atoms with van der Waals surface area (Å²) >= 11 is 0. The van der Waals surface area contributed by atoms with Crippen LogP contribution in [0.25, 0.3) is 0 Å². The molecule has 0 saturated carbocycles. The topological polar surface area (TPSA) is 89.3 Å². The Balaban J connectivity index is 2.67. The summed E-state index contributed by atoms with van der Waals surface area (Å²) in [5, 5.41) is 2.93. The van der Waals surface area contributed by atoms with Crippen LogP contribution in [0, 0.1) is 0 Å². The van der Waals surface area contributed by atoms with Crippen molar-refractivity contribution >= 4 is 15.7 Å². The second-order valence-electron chi connectivity index (χ2n) is 3.92. The number of hydrogen-bond donors (Lipinski definition) is 2. The highest BCUT2D eigenvalue weighted by Gasteiger charge is 2.08. The van der Waals surface area contributed by atoms with Crippen LogP contribution in [-0.2, 0) is 21.2 Å². The summed E-state index contributed by atoms with van der Waals surface area (Å²) in [6, 6.07) is 6.08. The van der Waals surface area contributed by atoms with Crippen molar-refractivity contribution < 1.29 is 13.2 Å². The second-order valence-corrected chi connectivity index (χ2v) is 5.94. The minimum atomic E-state index is -3.16. The van der Waals surface area contributed by atoms with Crippen molar-refractivity contribution in [1.82, 2.24) is 5.32 Å². The SMILES string of the molecule is CC(NCc1ccc(S(C)(=O)=O)cc1)C(N)=O. The predicted octanol–water partition coefficient (Wildman–Crippen LogP) is 0.0535. The molecular weight excluding hydrogens is 240 g/mol. The maximum Gasteiger partial charge on any atom is 0.234 e. The smallest absolute Gasteiger partial charge is 0.234 e. The van der Waals surface area contributed by atoms with Gasteiger partial charge in [-0.3, -0.25) is 4.79 Å². The normalized spacial score (nSPS) is 13.3. The first kappa shape index (κ1) is 13.7. The maximum absolute atomic E-state index is 11.2. The number of nitrogens with two attached hydrogens (primary N) is 1. The maximum atomic E-state index is 11.2. The standard InChI is InChI=1S/C11H16N2O3S/c1-8(11(12)14)13-7-9-3-5-10(6-4-9)17(2,15)16/h3-6,8,13H,7H2,1-2H3,(H2,12,14). The highest BCUT2D eigenvalue weighted by Crippen LogP contribution is 2.10. The Hall–Kier alpha value is -1.40. The third-order valence-electron chi connectivity index (χ3n) is 2.39. The van der Waals surface area contributed by atoms with Gasteiger partial charge in [0, 0.05) is 12.8 Å². The van der Waals surface area contributed by atoms with Gasteiger partial charge in [-0.05, 0) is 24.6 Å². The molecule has 3 N–H and O–H groups in total. The van der Waals surface area contributed by atoms with Gasteiger partial charge >= 0.3 is 0 Å². The molecule has 94 valence electrons. The van der Waals surface area contributed by atoms with E-state index in [9.17, 15) is 13.2 Å². The highest BCUT2D eigenvalue weighted by molar-refractivity contribution is 7.90. The molecular formula is C11H16N2O3S. The molecule has 17 heavy (non-hydrogen) atoms. The lowest BCUT2D eigenvalue weighted by Gasteiger charge is -2.10. The quantitative estimate of drug-likeness (QED) is 0.779. The fourth-order valence-electron chi connectivity index (χ4n) is 1.23. The number of carbonyl (C=O) groups is 1. The lowest BCUT2D eigenvalue weighted by Crippen LogP contribution is -2.38. The Labute approximate surface area is 101 Å². The summed E-state index contributed by atoms with van der Waals surface area (Å²) in [5.41, 5.74) is 5.99. The van der Waals surface area contributed by atoms with Crippen LogP contribution < -0.4 is 11.1 Å². The molecule has 0 saturated heterocycles. The van der Waals surface area contributed by atoms with Crippen LogP contribution in [0.15, 0.2) is 29.2 Å². The van der Waals surface area contributed by atoms with Gasteiger partial charge in [0.25, 0.3) is 0 Å². The van der Waals surface area contributed by atoms with Crippen molar-refractivity contribution in [2.24, 2.45) is 5.73 Å². The number of hydrogen-bond acceptors (Lipinski definition) is 4. The molecule has 0 aliphatic carbocycles. The number of carbonyl (C=O) groups excluding carboxylic acids is 1. The Kier molecular flexibility index (Phi) is 4.25. The van der Waals surface area contributed by atoms with Crippen molar-refractivity contribution in [3.05, 3.63) is 29.8 Å². The van der Waals surface area contributed by atoms with E-state index in [4.69, 9.17) is 5.73 Å². The van der Waals surface area contributed by atoms with Crippen molar-refractivity contribution in [2.45, 2.75) is 24.4 Å². The summed E-state index contributed by atoms with van der Waals surface area (Å²) in [5.74, 6) is -0.419. The molecule has 1 amide bonds. The zero-order valence-electron chi connectivity index (χ0n) is 9.80. The van der Waals surface area contributed by atoms with Gasteiger partial charge in [-0.25, -0.2) is 8.42 Å². The van der Waals surface area contributed by atoms with E-state index < -0.39 is 21.8 Å². The van der Waals surface area contributed by atoms with E-state index in [1.165, 1.54) is 0 Å². The lowest BCUT2D eigenvalue weighted by molar-refractivity contribution is -0.119. The van der Waals surface area contributed by atoms with Crippen LogP contribution in [0.2, 0.25) is 0 Å². The number of sulfone groups is 1. The van der Waals surface area contributed by atoms with Crippen LogP contribution in [-0.4, -0.2) is 26.6 Å². The van der Waals surface area contributed by atoms with Crippen LogP contribution >= 0.6 is 0 Å². The van der Waals surface area contributed by atoms with E-state index in [2.05, 4.69) is 5.32 Å². The van der Waals surface area contributed by atoms with Gasteiger partial charge in [0.2, 0.25) is 5.91 Å². The zero-order chi connectivity index (χ0) is 13.1. The van der Waals surface area contributed by atoms with E-state index in [0.29, 0.717) is 6.54 Å². The Morgan fingerprint density at radius 1 is 1.35 bits per heavy atom. The van der Waals surface area contributed by atoms with Gasteiger partial charge in [0.1, 0.15) is 0 Å². The van der Waals surface area contributed by atoms with Crippen LogP contribution in [0.1, 0.15) is 12.5 Å². The Bertz CT molecular complexity index is 494. The molecule has 6 heteroatoms. The summed E-state index contributed by atoms with van der Waals surface area (Å²) in [4.78, 5) is 11.1. The molecule has 1 atom stereocenters. The third kappa shape index (κ3) is 4.16. The summed E-state index contributed by atoms with van der Waals surface area (Å²) in [6.45, 7) is 2.14. The van der Waals surface area contributed by atoms with E-state index in [1.54, 1.807) is 31.2 Å². The number of rotatable bonds is 5. The van der Waals surface area contributed by atoms with Gasteiger partial charge in [-0.1, -0.05) is 12.1 Å². The molecule has 1 unspecified atom stereocenters. The van der Waals surface area contributed by atoms with Crippen LogP contribution in [0.3, 0.4) is 0 Å². The van der Waals surface area contributed by atoms with Crippen molar-refractivity contribution in [1.29, 1.82) is 0 Å². The minimum Gasteiger partial charge on any atom is -0.368 e.